The second-order valence-electron chi connectivity index (χ2n) is 7.40. The Morgan fingerprint density at radius 2 is 1.90 bits per heavy atom. The standard InChI is InChI=1S/C22H24ClN3O3S2/c1-15(2)26(3)31(28,29)20-9-7-18(8-10-20)24-21(27)13-19-14-30-22(25-19)12-16-5-4-6-17(23)11-16/h4-11,14-15H,12-13H2,1-3H3,(H,24,27). The van der Waals surface area contributed by atoms with E-state index in [1.807, 2.05) is 43.5 Å². The summed E-state index contributed by atoms with van der Waals surface area (Å²) >= 11 is 7.52. The molecule has 0 atom stereocenters. The molecule has 0 aliphatic carbocycles. The van der Waals surface area contributed by atoms with Crippen molar-refractivity contribution >= 4 is 44.6 Å². The molecular weight excluding hydrogens is 454 g/mol. The first kappa shape index (κ1) is 23.4. The fourth-order valence-electron chi connectivity index (χ4n) is 2.86. The normalized spacial score (nSPS) is 11.8. The first-order valence-electron chi connectivity index (χ1n) is 9.71. The summed E-state index contributed by atoms with van der Waals surface area (Å²) in [7, 11) is -2.01. The number of rotatable bonds is 8. The minimum atomic E-state index is -3.55. The van der Waals surface area contributed by atoms with Gasteiger partial charge < -0.3 is 5.32 Å². The molecule has 1 N–H and O–H groups in total. The van der Waals surface area contributed by atoms with Crippen molar-refractivity contribution in [3.8, 4) is 0 Å². The Bertz CT molecular complexity index is 1160. The van der Waals surface area contributed by atoms with Crippen molar-refractivity contribution in [3.05, 3.63) is 75.2 Å². The van der Waals surface area contributed by atoms with Gasteiger partial charge in [0.05, 0.1) is 22.0 Å². The lowest BCUT2D eigenvalue weighted by atomic mass is 10.2. The number of sulfonamides is 1. The molecular formula is C22H24ClN3O3S2. The maximum Gasteiger partial charge on any atom is 0.243 e. The van der Waals surface area contributed by atoms with Crippen LogP contribution >= 0.6 is 22.9 Å². The minimum absolute atomic E-state index is 0.141. The second kappa shape index (κ2) is 9.91. The van der Waals surface area contributed by atoms with Gasteiger partial charge in [-0.2, -0.15) is 4.31 Å². The van der Waals surface area contributed by atoms with Gasteiger partial charge in [0.15, 0.2) is 0 Å². The Balaban J connectivity index is 1.59. The summed E-state index contributed by atoms with van der Waals surface area (Å²) in [5.41, 5.74) is 2.29. The number of carbonyl (C=O) groups is 1. The van der Waals surface area contributed by atoms with Crippen molar-refractivity contribution in [1.82, 2.24) is 9.29 Å². The number of carbonyl (C=O) groups excluding carboxylic acids is 1. The summed E-state index contributed by atoms with van der Waals surface area (Å²) in [6.07, 6.45) is 0.801. The van der Waals surface area contributed by atoms with Gasteiger partial charge in [-0.1, -0.05) is 23.7 Å². The van der Waals surface area contributed by atoms with Crippen LogP contribution in [0.3, 0.4) is 0 Å². The molecule has 3 aromatic rings. The van der Waals surface area contributed by atoms with Gasteiger partial charge in [-0.25, -0.2) is 13.4 Å². The van der Waals surface area contributed by atoms with Crippen LogP contribution in [0.15, 0.2) is 58.8 Å². The first-order chi connectivity index (χ1) is 14.6. The molecule has 0 bridgehead atoms. The molecule has 0 fully saturated rings. The van der Waals surface area contributed by atoms with Gasteiger partial charge in [-0.15, -0.1) is 11.3 Å². The number of aromatic nitrogens is 1. The van der Waals surface area contributed by atoms with Gasteiger partial charge in [0.2, 0.25) is 15.9 Å². The van der Waals surface area contributed by atoms with Gasteiger partial charge in [0.1, 0.15) is 0 Å². The molecule has 9 heteroatoms. The van der Waals surface area contributed by atoms with Crippen molar-refractivity contribution < 1.29 is 13.2 Å². The van der Waals surface area contributed by atoms with Crippen molar-refractivity contribution in [2.75, 3.05) is 12.4 Å². The molecule has 0 unspecified atom stereocenters. The van der Waals surface area contributed by atoms with Crippen LogP contribution in [0.2, 0.25) is 5.02 Å². The SMILES string of the molecule is CC(C)N(C)S(=O)(=O)c1ccc(NC(=O)Cc2csc(Cc3cccc(Cl)c3)n2)cc1. The van der Waals surface area contributed by atoms with Gasteiger partial charge in [-0.3, -0.25) is 4.79 Å². The topological polar surface area (TPSA) is 79.4 Å². The van der Waals surface area contributed by atoms with E-state index in [0.29, 0.717) is 22.8 Å². The van der Waals surface area contributed by atoms with E-state index in [0.717, 1.165) is 10.6 Å². The number of hydrogen-bond donors (Lipinski definition) is 1. The molecule has 0 spiro atoms. The summed E-state index contributed by atoms with van der Waals surface area (Å²) in [5, 5.41) is 6.25. The highest BCUT2D eigenvalue weighted by Gasteiger charge is 2.22. The third-order valence-corrected chi connectivity index (χ3v) is 7.91. The molecule has 0 aliphatic rings. The number of benzene rings is 2. The number of thiazole rings is 1. The predicted octanol–water partition coefficient (Wildman–Crippen LogP) is 4.60. The van der Waals surface area contributed by atoms with Crippen molar-refractivity contribution in [3.63, 3.8) is 0 Å². The maximum absolute atomic E-state index is 12.5. The number of anilines is 1. The lowest BCUT2D eigenvalue weighted by molar-refractivity contribution is -0.115. The van der Waals surface area contributed by atoms with Gasteiger partial charge in [-0.05, 0) is 55.8 Å². The lowest BCUT2D eigenvalue weighted by Gasteiger charge is -2.21. The number of halogens is 1. The maximum atomic E-state index is 12.5. The number of nitrogens with zero attached hydrogens (tertiary/aromatic N) is 2. The molecule has 0 radical (unpaired) electrons. The van der Waals surface area contributed by atoms with Crippen LogP contribution in [-0.4, -0.2) is 36.7 Å². The molecule has 6 nitrogen and oxygen atoms in total. The molecule has 1 aromatic heterocycles. The van der Waals surface area contributed by atoms with E-state index >= 15 is 0 Å². The summed E-state index contributed by atoms with van der Waals surface area (Å²) in [5.74, 6) is -0.213. The molecule has 0 aliphatic heterocycles. The van der Waals surface area contributed by atoms with Crippen LogP contribution in [0.4, 0.5) is 5.69 Å². The fourth-order valence-corrected chi connectivity index (χ4v) is 5.27. The zero-order valence-corrected chi connectivity index (χ0v) is 19.9. The van der Waals surface area contributed by atoms with E-state index in [4.69, 9.17) is 11.6 Å². The zero-order valence-electron chi connectivity index (χ0n) is 17.5. The van der Waals surface area contributed by atoms with Crippen LogP contribution in [0.1, 0.15) is 30.1 Å². The predicted molar refractivity (Wildman–Crippen MR) is 125 cm³/mol. The van der Waals surface area contributed by atoms with E-state index in [-0.39, 0.29) is 23.3 Å². The van der Waals surface area contributed by atoms with Crippen LogP contribution in [0.5, 0.6) is 0 Å². The molecule has 3 rings (SSSR count). The summed E-state index contributed by atoms with van der Waals surface area (Å²) in [6.45, 7) is 3.62. The van der Waals surface area contributed by atoms with Crippen molar-refractivity contribution in [2.24, 2.45) is 0 Å². The summed E-state index contributed by atoms with van der Waals surface area (Å²) in [4.78, 5) is 17.1. The Morgan fingerprint density at radius 3 is 2.55 bits per heavy atom. The number of nitrogens with one attached hydrogen (secondary N) is 1. The van der Waals surface area contributed by atoms with Gasteiger partial charge in [0, 0.05) is 35.6 Å². The summed E-state index contributed by atoms with van der Waals surface area (Å²) < 4.78 is 26.4. The highest BCUT2D eigenvalue weighted by atomic mass is 35.5. The van der Waals surface area contributed by atoms with Gasteiger partial charge in [0.25, 0.3) is 0 Å². The molecule has 0 saturated heterocycles. The van der Waals surface area contributed by atoms with E-state index in [1.54, 1.807) is 19.2 Å². The average Bonchev–Trinajstić information content (AvgIpc) is 3.14. The van der Waals surface area contributed by atoms with Gasteiger partial charge >= 0.3 is 0 Å². The first-order valence-corrected chi connectivity index (χ1v) is 12.4. The number of amides is 1. The van der Waals surface area contributed by atoms with E-state index in [1.165, 1.54) is 27.8 Å². The van der Waals surface area contributed by atoms with Crippen LogP contribution in [0, 0.1) is 0 Å². The van der Waals surface area contributed by atoms with Crippen LogP contribution < -0.4 is 5.32 Å². The Labute approximate surface area is 191 Å². The van der Waals surface area contributed by atoms with Crippen LogP contribution in [0.25, 0.3) is 0 Å². The monoisotopic (exact) mass is 477 g/mol. The third-order valence-electron chi connectivity index (χ3n) is 4.73. The molecule has 1 amide bonds. The Morgan fingerprint density at radius 1 is 1.19 bits per heavy atom. The average molecular weight is 478 g/mol. The van der Waals surface area contributed by atoms with Crippen LogP contribution in [-0.2, 0) is 27.7 Å². The smallest absolute Gasteiger partial charge is 0.243 e. The molecule has 1 heterocycles. The quantitative estimate of drug-likeness (QED) is 0.514. The highest BCUT2D eigenvalue weighted by molar-refractivity contribution is 7.89. The highest BCUT2D eigenvalue weighted by Crippen LogP contribution is 2.20. The minimum Gasteiger partial charge on any atom is -0.326 e. The van der Waals surface area contributed by atoms with Crippen molar-refractivity contribution in [1.29, 1.82) is 0 Å². The molecule has 2 aromatic carbocycles. The third kappa shape index (κ3) is 6.13. The Kier molecular flexibility index (Phi) is 7.48. The molecule has 164 valence electrons. The largest absolute Gasteiger partial charge is 0.326 e. The fraction of sp³-hybridized carbons (Fsp3) is 0.273. The summed E-state index contributed by atoms with van der Waals surface area (Å²) in [6, 6.07) is 13.6. The lowest BCUT2D eigenvalue weighted by Crippen LogP contribution is -2.33. The van der Waals surface area contributed by atoms with E-state index < -0.39 is 10.0 Å². The Hall–Kier alpha value is -2.26. The second-order valence-corrected chi connectivity index (χ2v) is 10.8. The van der Waals surface area contributed by atoms with E-state index in [9.17, 15) is 13.2 Å². The zero-order chi connectivity index (χ0) is 22.6. The molecule has 31 heavy (non-hydrogen) atoms. The van der Waals surface area contributed by atoms with E-state index in [2.05, 4.69) is 10.3 Å². The molecule has 0 saturated carbocycles. The van der Waals surface area contributed by atoms with Crippen molar-refractivity contribution in [2.45, 2.75) is 37.6 Å². The number of hydrogen-bond acceptors (Lipinski definition) is 5.